The SMILES string of the molecule is CCC(=O)NCCCON. The molecule has 1 amide bonds. The molecule has 0 spiro atoms. The van der Waals surface area contributed by atoms with Crippen molar-refractivity contribution in [2.45, 2.75) is 19.8 Å². The van der Waals surface area contributed by atoms with Crippen molar-refractivity contribution in [1.82, 2.24) is 5.32 Å². The Balaban J connectivity index is 2.96. The van der Waals surface area contributed by atoms with Gasteiger partial charge >= 0.3 is 0 Å². The Kier molecular flexibility index (Phi) is 6.11. The highest BCUT2D eigenvalue weighted by Gasteiger charge is 1.93. The third kappa shape index (κ3) is 5.53. The smallest absolute Gasteiger partial charge is 0.219 e. The average molecular weight is 146 g/mol. The van der Waals surface area contributed by atoms with E-state index in [0.29, 0.717) is 19.6 Å². The minimum Gasteiger partial charge on any atom is -0.356 e. The van der Waals surface area contributed by atoms with E-state index < -0.39 is 0 Å². The lowest BCUT2D eigenvalue weighted by molar-refractivity contribution is -0.120. The molecular weight excluding hydrogens is 132 g/mol. The number of rotatable bonds is 5. The van der Waals surface area contributed by atoms with E-state index in [2.05, 4.69) is 10.2 Å². The summed E-state index contributed by atoms with van der Waals surface area (Å²) in [7, 11) is 0. The highest BCUT2D eigenvalue weighted by Crippen LogP contribution is 1.78. The number of nitrogens with one attached hydrogen (secondary N) is 1. The molecule has 0 aliphatic rings. The number of hydrogen-bond donors (Lipinski definition) is 2. The van der Waals surface area contributed by atoms with Crippen molar-refractivity contribution < 1.29 is 9.63 Å². The molecule has 0 fully saturated rings. The zero-order valence-corrected chi connectivity index (χ0v) is 6.22. The second-order valence-corrected chi connectivity index (χ2v) is 1.93. The first-order chi connectivity index (χ1) is 4.81. The molecular formula is C6H14N2O2. The summed E-state index contributed by atoms with van der Waals surface area (Å²) in [5.74, 6) is 4.83. The van der Waals surface area contributed by atoms with Crippen molar-refractivity contribution in [1.29, 1.82) is 0 Å². The molecule has 0 saturated carbocycles. The van der Waals surface area contributed by atoms with Crippen molar-refractivity contribution in [3.63, 3.8) is 0 Å². The summed E-state index contributed by atoms with van der Waals surface area (Å²) in [6, 6.07) is 0. The van der Waals surface area contributed by atoms with E-state index in [4.69, 9.17) is 5.90 Å². The number of amides is 1. The standard InChI is InChI=1S/C6H14N2O2/c1-2-6(9)8-4-3-5-10-7/h2-5,7H2,1H3,(H,8,9). The van der Waals surface area contributed by atoms with Crippen LogP contribution in [0.4, 0.5) is 0 Å². The summed E-state index contributed by atoms with van der Waals surface area (Å²) in [6.45, 7) is 2.95. The van der Waals surface area contributed by atoms with E-state index in [1.165, 1.54) is 0 Å². The van der Waals surface area contributed by atoms with E-state index in [0.717, 1.165) is 6.42 Å². The molecule has 0 aromatic rings. The molecule has 0 aromatic heterocycles. The molecule has 0 atom stereocenters. The Morgan fingerprint density at radius 1 is 1.70 bits per heavy atom. The monoisotopic (exact) mass is 146 g/mol. The van der Waals surface area contributed by atoms with Crippen LogP contribution >= 0.6 is 0 Å². The molecule has 0 aliphatic carbocycles. The van der Waals surface area contributed by atoms with Gasteiger partial charge in [0.25, 0.3) is 0 Å². The highest BCUT2D eigenvalue weighted by atomic mass is 16.6. The summed E-state index contributed by atoms with van der Waals surface area (Å²) in [6.07, 6.45) is 1.30. The van der Waals surface area contributed by atoms with Crippen LogP contribution in [0.2, 0.25) is 0 Å². The first-order valence-corrected chi connectivity index (χ1v) is 3.39. The first kappa shape index (κ1) is 9.39. The van der Waals surface area contributed by atoms with Gasteiger partial charge in [0.15, 0.2) is 0 Å². The van der Waals surface area contributed by atoms with Gasteiger partial charge in [-0.05, 0) is 6.42 Å². The third-order valence-electron chi connectivity index (χ3n) is 1.08. The van der Waals surface area contributed by atoms with Crippen molar-refractivity contribution in [3.8, 4) is 0 Å². The molecule has 4 heteroatoms. The van der Waals surface area contributed by atoms with Crippen LogP contribution in [0.25, 0.3) is 0 Å². The van der Waals surface area contributed by atoms with Crippen molar-refractivity contribution in [2.24, 2.45) is 5.90 Å². The number of nitrogens with two attached hydrogens (primary N) is 1. The van der Waals surface area contributed by atoms with Gasteiger partial charge in [-0.2, -0.15) is 0 Å². The Morgan fingerprint density at radius 2 is 2.40 bits per heavy atom. The maximum atomic E-state index is 10.6. The fourth-order valence-electron chi connectivity index (χ4n) is 0.508. The van der Waals surface area contributed by atoms with Gasteiger partial charge < -0.3 is 10.2 Å². The zero-order valence-electron chi connectivity index (χ0n) is 6.22. The molecule has 0 saturated heterocycles. The van der Waals surface area contributed by atoms with Crippen LogP contribution in [-0.2, 0) is 9.63 Å². The predicted octanol–water partition coefficient (Wildman–Crippen LogP) is -0.207. The topological polar surface area (TPSA) is 64.3 Å². The fraction of sp³-hybridized carbons (Fsp3) is 0.833. The van der Waals surface area contributed by atoms with Crippen LogP contribution in [0, 0.1) is 0 Å². The second kappa shape index (κ2) is 6.51. The predicted molar refractivity (Wildman–Crippen MR) is 38.1 cm³/mol. The molecule has 0 heterocycles. The molecule has 0 unspecified atom stereocenters. The first-order valence-electron chi connectivity index (χ1n) is 3.39. The van der Waals surface area contributed by atoms with Gasteiger partial charge in [0.1, 0.15) is 0 Å². The quantitative estimate of drug-likeness (QED) is 0.417. The van der Waals surface area contributed by atoms with Crippen LogP contribution in [0.1, 0.15) is 19.8 Å². The molecule has 3 N–H and O–H groups in total. The molecule has 0 bridgehead atoms. The summed E-state index contributed by atoms with van der Waals surface area (Å²) in [5, 5.41) is 2.69. The van der Waals surface area contributed by atoms with Gasteiger partial charge in [0.05, 0.1) is 6.61 Å². The van der Waals surface area contributed by atoms with Gasteiger partial charge in [-0.15, -0.1) is 0 Å². The number of carbonyl (C=O) groups excluding carboxylic acids is 1. The molecule has 10 heavy (non-hydrogen) atoms. The van der Waals surface area contributed by atoms with Crippen LogP contribution < -0.4 is 11.2 Å². The lowest BCUT2D eigenvalue weighted by Crippen LogP contribution is -2.24. The summed E-state index contributed by atoms with van der Waals surface area (Å²) < 4.78 is 0. The van der Waals surface area contributed by atoms with Gasteiger partial charge in [-0.25, -0.2) is 5.90 Å². The third-order valence-corrected chi connectivity index (χ3v) is 1.08. The minimum atomic E-state index is 0.0667. The van der Waals surface area contributed by atoms with E-state index in [-0.39, 0.29) is 5.91 Å². The fourth-order valence-corrected chi connectivity index (χ4v) is 0.508. The van der Waals surface area contributed by atoms with Gasteiger partial charge in [0, 0.05) is 13.0 Å². The number of hydrogen-bond acceptors (Lipinski definition) is 3. The number of carbonyl (C=O) groups is 1. The van der Waals surface area contributed by atoms with E-state index >= 15 is 0 Å². The molecule has 0 aliphatic heterocycles. The summed E-state index contributed by atoms with van der Waals surface area (Å²) >= 11 is 0. The van der Waals surface area contributed by atoms with Crippen molar-refractivity contribution in [2.75, 3.05) is 13.2 Å². The molecule has 60 valence electrons. The van der Waals surface area contributed by atoms with E-state index in [1.807, 2.05) is 6.92 Å². The zero-order chi connectivity index (χ0) is 7.82. The minimum absolute atomic E-state index is 0.0667. The maximum absolute atomic E-state index is 10.6. The Morgan fingerprint density at radius 3 is 2.90 bits per heavy atom. The normalized spacial score (nSPS) is 9.40. The Hall–Kier alpha value is -0.610. The Labute approximate surface area is 60.7 Å². The van der Waals surface area contributed by atoms with Gasteiger partial charge in [-0.3, -0.25) is 4.79 Å². The van der Waals surface area contributed by atoms with Gasteiger partial charge in [-0.1, -0.05) is 6.92 Å². The molecule has 4 nitrogen and oxygen atoms in total. The van der Waals surface area contributed by atoms with Crippen LogP contribution in [0.5, 0.6) is 0 Å². The van der Waals surface area contributed by atoms with Crippen LogP contribution in [0.15, 0.2) is 0 Å². The van der Waals surface area contributed by atoms with Crippen molar-refractivity contribution >= 4 is 5.91 Å². The molecule has 0 radical (unpaired) electrons. The second-order valence-electron chi connectivity index (χ2n) is 1.93. The van der Waals surface area contributed by atoms with Crippen LogP contribution in [-0.4, -0.2) is 19.1 Å². The average Bonchev–Trinajstić information content (AvgIpc) is 1.98. The van der Waals surface area contributed by atoms with E-state index in [1.54, 1.807) is 0 Å². The molecule has 0 rings (SSSR count). The van der Waals surface area contributed by atoms with Crippen LogP contribution in [0.3, 0.4) is 0 Å². The maximum Gasteiger partial charge on any atom is 0.219 e. The van der Waals surface area contributed by atoms with Crippen molar-refractivity contribution in [3.05, 3.63) is 0 Å². The largest absolute Gasteiger partial charge is 0.356 e. The highest BCUT2D eigenvalue weighted by molar-refractivity contribution is 5.75. The lowest BCUT2D eigenvalue weighted by atomic mass is 10.4. The van der Waals surface area contributed by atoms with E-state index in [9.17, 15) is 4.79 Å². The molecule has 0 aromatic carbocycles. The summed E-state index contributed by atoms with van der Waals surface area (Å²) in [4.78, 5) is 14.9. The Bertz CT molecular complexity index is 95.7. The summed E-state index contributed by atoms with van der Waals surface area (Å²) in [5.41, 5.74) is 0. The van der Waals surface area contributed by atoms with Gasteiger partial charge in [0.2, 0.25) is 5.91 Å². The lowest BCUT2D eigenvalue weighted by Gasteiger charge is -2.00.